The molecule has 0 atom stereocenters. The molecule has 160 valence electrons. The van der Waals surface area contributed by atoms with Crippen LogP contribution in [0.25, 0.3) is 0 Å². The largest absolute Gasteiger partial charge is 0.300 e. The van der Waals surface area contributed by atoms with Crippen LogP contribution in [0.3, 0.4) is 0 Å². The van der Waals surface area contributed by atoms with Gasteiger partial charge < -0.3 is 0 Å². The van der Waals surface area contributed by atoms with Crippen molar-refractivity contribution in [2.24, 2.45) is 33.5 Å². The highest BCUT2D eigenvalue weighted by Crippen LogP contribution is 2.24. The Morgan fingerprint density at radius 1 is 0.964 bits per heavy atom. The SMILES string of the molecule is CC(C)(CCC(=O)CCCC(=O)CCC(C)(C)C/[N+](N)=C/N)C[N+](C=N)=NN. The van der Waals surface area contributed by atoms with E-state index >= 15 is 0 Å². The van der Waals surface area contributed by atoms with Crippen LogP contribution in [-0.2, 0) is 9.59 Å². The van der Waals surface area contributed by atoms with E-state index in [1.807, 2.05) is 27.7 Å². The van der Waals surface area contributed by atoms with Gasteiger partial charge in [0.05, 0.1) is 6.54 Å². The van der Waals surface area contributed by atoms with Gasteiger partial charge >= 0.3 is 0 Å². The number of nitrogens with one attached hydrogen (secondary N) is 1. The third kappa shape index (κ3) is 12.1. The van der Waals surface area contributed by atoms with Gasteiger partial charge in [-0.15, -0.1) is 4.70 Å². The molecule has 0 aromatic carbocycles. The van der Waals surface area contributed by atoms with Crippen molar-refractivity contribution in [2.45, 2.75) is 72.6 Å². The topological polar surface area (TPSA) is 154 Å². The van der Waals surface area contributed by atoms with E-state index < -0.39 is 0 Å². The minimum Gasteiger partial charge on any atom is -0.300 e. The van der Waals surface area contributed by atoms with Gasteiger partial charge in [0.1, 0.15) is 18.1 Å². The summed E-state index contributed by atoms with van der Waals surface area (Å²) < 4.78 is 2.77. The second-order valence-electron chi connectivity index (χ2n) is 8.92. The summed E-state index contributed by atoms with van der Waals surface area (Å²) in [6.07, 6.45) is 6.16. The van der Waals surface area contributed by atoms with Crippen LogP contribution >= 0.6 is 0 Å². The molecule has 0 bridgehead atoms. The molecule has 0 spiro atoms. The first-order valence-corrected chi connectivity index (χ1v) is 9.72. The molecule has 0 aromatic rings. The molecule has 0 aliphatic rings. The van der Waals surface area contributed by atoms with Crippen molar-refractivity contribution in [2.75, 3.05) is 13.1 Å². The fourth-order valence-corrected chi connectivity index (χ4v) is 2.95. The second-order valence-corrected chi connectivity index (χ2v) is 8.92. The Kier molecular flexibility index (Phi) is 11.2. The molecular weight excluding hydrogens is 358 g/mol. The maximum atomic E-state index is 12.1. The van der Waals surface area contributed by atoms with Crippen LogP contribution < -0.4 is 17.4 Å². The van der Waals surface area contributed by atoms with Crippen molar-refractivity contribution in [3.63, 3.8) is 0 Å². The summed E-state index contributed by atoms with van der Waals surface area (Å²) in [5.41, 5.74) is 5.08. The number of hydrazine groups is 1. The monoisotopic (exact) mass is 397 g/mol. The van der Waals surface area contributed by atoms with E-state index in [-0.39, 0.29) is 22.4 Å². The average Bonchev–Trinajstić information content (AvgIpc) is 2.62. The quantitative estimate of drug-likeness (QED) is 0.0827. The Labute approximate surface area is 168 Å². The van der Waals surface area contributed by atoms with Crippen molar-refractivity contribution in [3.05, 3.63) is 0 Å². The molecule has 7 N–H and O–H groups in total. The van der Waals surface area contributed by atoms with Gasteiger partial charge in [-0.1, -0.05) is 27.7 Å². The van der Waals surface area contributed by atoms with Gasteiger partial charge in [0, 0.05) is 36.3 Å². The maximum Gasteiger partial charge on any atom is 0.252 e. The summed E-state index contributed by atoms with van der Waals surface area (Å²) in [7, 11) is 0. The molecule has 28 heavy (non-hydrogen) atoms. The normalized spacial score (nSPS) is 13.4. The molecule has 0 unspecified atom stereocenters. The number of rotatable bonds is 15. The third-order valence-corrected chi connectivity index (χ3v) is 4.76. The van der Waals surface area contributed by atoms with Crippen molar-refractivity contribution in [1.29, 1.82) is 5.41 Å². The molecule has 0 aromatic heterocycles. The molecule has 9 nitrogen and oxygen atoms in total. The molecule has 0 amide bonds. The van der Waals surface area contributed by atoms with E-state index in [4.69, 9.17) is 22.8 Å². The lowest BCUT2D eigenvalue weighted by Crippen LogP contribution is -2.34. The van der Waals surface area contributed by atoms with Crippen LogP contribution in [0.1, 0.15) is 72.6 Å². The first kappa shape index (κ1) is 25.7. The van der Waals surface area contributed by atoms with Gasteiger partial charge in [-0.3, -0.25) is 21.2 Å². The number of hydrogen-bond acceptors (Lipinski definition) is 5. The molecule has 0 heterocycles. The second kappa shape index (κ2) is 12.2. The van der Waals surface area contributed by atoms with Gasteiger partial charge in [0.25, 0.3) is 6.34 Å². The number of hydrogen-bond donors (Lipinski definition) is 4. The smallest absolute Gasteiger partial charge is 0.252 e. The summed E-state index contributed by atoms with van der Waals surface area (Å²) in [5.74, 6) is 11.2. The standard InChI is InChI=1S/C19H37N7O2/c1-18(2,12-25(23)14-20)10-8-16(27)6-5-7-17(28)9-11-19(3,4)13-26(15-21)24-22/h14-15,20-22H,5-13,23H2,1-4H3/p+2. The molecule has 0 rings (SSSR count). The summed E-state index contributed by atoms with van der Waals surface area (Å²) in [6, 6.07) is 0. The van der Waals surface area contributed by atoms with Crippen LogP contribution in [-0.4, -0.2) is 46.7 Å². The van der Waals surface area contributed by atoms with Gasteiger partial charge in [-0.05, 0) is 24.7 Å². The molecule has 0 aliphatic carbocycles. The lowest BCUT2D eigenvalue weighted by Gasteiger charge is -2.22. The fraction of sp³-hybridized carbons (Fsp3) is 0.789. The van der Waals surface area contributed by atoms with Crippen LogP contribution in [0.2, 0.25) is 0 Å². The van der Waals surface area contributed by atoms with Gasteiger partial charge in [-0.2, -0.15) is 10.1 Å². The van der Waals surface area contributed by atoms with Crippen molar-refractivity contribution in [3.8, 4) is 0 Å². The maximum absolute atomic E-state index is 12.1. The molecule has 0 saturated heterocycles. The highest BCUT2D eigenvalue weighted by molar-refractivity contribution is 5.81. The number of ketones is 2. The lowest BCUT2D eigenvalue weighted by molar-refractivity contribution is -0.549. The highest BCUT2D eigenvalue weighted by atomic mass is 16.1. The average molecular weight is 398 g/mol. The zero-order valence-electron chi connectivity index (χ0n) is 17.9. The summed E-state index contributed by atoms with van der Waals surface area (Å²) >= 11 is 0. The van der Waals surface area contributed by atoms with E-state index in [9.17, 15) is 9.59 Å². The molecule has 0 aliphatic heterocycles. The number of nitrogens with two attached hydrogens (primary N) is 3. The van der Waals surface area contributed by atoms with Crippen LogP contribution in [0.15, 0.2) is 5.22 Å². The van der Waals surface area contributed by atoms with Gasteiger partial charge in [0.2, 0.25) is 6.34 Å². The van der Waals surface area contributed by atoms with Gasteiger partial charge in [0.15, 0.2) is 0 Å². The van der Waals surface area contributed by atoms with E-state index in [2.05, 4.69) is 5.22 Å². The van der Waals surface area contributed by atoms with Crippen LogP contribution in [0.4, 0.5) is 0 Å². The van der Waals surface area contributed by atoms with E-state index in [0.29, 0.717) is 51.6 Å². The number of Topliss-reactive ketones (excluding diaryl/α,β-unsaturated/α-hetero) is 2. The molecule has 0 saturated carbocycles. The Morgan fingerprint density at radius 3 is 1.82 bits per heavy atom. The van der Waals surface area contributed by atoms with E-state index in [1.54, 1.807) is 0 Å². The summed E-state index contributed by atoms with van der Waals surface area (Å²) in [5, 5.41) is 10.7. The summed E-state index contributed by atoms with van der Waals surface area (Å²) in [4.78, 5) is 24.2. The first-order chi connectivity index (χ1) is 12.9. The predicted molar refractivity (Wildman–Crippen MR) is 110 cm³/mol. The van der Waals surface area contributed by atoms with Crippen molar-refractivity contribution in [1.82, 2.24) is 0 Å². The fourth-order valence-electron chi connectivity index (χ4n) is 2.95. The Morgan fingerprint density at radius 2 is 1.43 bits per heavy atom. The highest BCUT2D eigenvalue weighted by Gasteiger charge is 2.24. The van der Waals surface area contributed by atoms with Crippen LogP contribution in [0, 0.1) is 16.2 Å². The molecule has 0 radical (unpaired) electrons. The zero-order valence-corrected chi connectivity index (χ0v) is 17.9. The lowest BCUT2D eigenvalue weighted by atomic mass is 9.85. The van der Waals surface area contributed by atoms with E-state index in [0.717, 1.165) is 12.8 Å². The Hall–Kier alpha value is -2.32. The van der Waals surface area contributed by atoms with Crippen molar-refractivity contribution >= 4 is 24.2 Å². The predicted octanol–water partition coefficient (Wildman–Crippen LogP) is 1.73. The zero-order chi connectivity index (χ0) is 21.8. The minimum atomic E-state index is -0.185. The first-order valence-electron chi connectivity index (χ1n) is 9.72. The third-order valence-electron chi connectivity index (χ3n) is 4.76. The van der Waals surface area contributed by atoms with Crippen molar-refractivity contribution < 1.29 is 19.0 Å². The Balaban J connectivity index is 4.14. The van der Waals surface area contributed by atoms with Gasteiger partial charge in [-0.25, -0.2) is 5.84 Å². The Bertz CT molecular complexity index is 595. The molecule has 0 fully saturated rings. The minimum absolute atomic E-state index is 0.109. The van der Waals surface area contributed by atoms with Crippen LogP contribution in [0.5, 0.6) is 0 Å². The molecule has 9 heteroatoms. The number of carbonyl (C=O) groups excluding carboxylic acids is 2. The number of carbonyl (C=O) groups is 2. The number of nitrogens with zero attached hydrogens (tertiary/aromatic N) is 3. The molecular formula is C19H39N7O2+2. The van der Waals surface area contributed by atoms with E-state index in [1.165, 1.54) is 15.7 Å². The summed E-state index contributed by atoms with van der Waals surface area (Å²) in [6.45, 7) is 9.18. The number of hydrazone groups is 1.